The van der Waals surface area contributed by atoms with Crippen molar-refractivity contribution in [2.24, 2.45) is 0 Å². The summed E-state index contributed by atoms with van der Waals surface area (Å²) in [5, 5.41) is 8.79. The normalized spacial score (nSPS) is 10.4. The Morgan fingerprint density at radius 1 is 0.900 bits per heavy atom. The van der Waals surface area contributed by atoms with Gasteiger partial charge in [0.25, 0.3) is 0 Å². The predicted molar refractivity (Wildman–Crippen MR) is 112 cm³/mol. The molecule has 4 N–H and O–H groups in total. The molecule has 7 nitrogen and oxygen atoms in total. The Balaban J connectivity index is 1.58. The van der Waals surface area contributed by atoms with E-state index in [1.165, 1.54) is 30.3 Å². The fraction of sp³-hybridized carbons (Fsp3) is 0. The predicted octanol–water partition coefficient (Wildman–Crippen LogP) is 3.56. The summed E-state index contributed by atoms with van der Waals surface area (Å²) in [4.78, 5) is 24.1. The van der Waals surface area contributed by atoms with Gasteiger partial charge in [-0.15, -0.1) is 0 Å². The third kappa shape index (κ3) is 5.24. The van der Waals surface area contributed by atoms with E-state index in [-0.39, 0.29) is 11.4 Å². The number of rotatable bonds is 5. The van der Waals surface area contributed by atoms with Crippen LogP contribution in [0.3, 0.4) is 0 Å². The Morgan fingerprint density at radius 3 is 2.23 bits per heavy atom. The van der Waals surface area contributed by atoms with E-state index in [9.17, 15) is 9.59 Å². The van der Waals surface area contributed by atoms with Crippen molar-refractivity contribution in [2.45, 2.75) is 0 Å². The molecule has 7 heteroatoms. The Kier molecular flexibility index (Phi) is 6.11. The molecule has 0 aliphatic heterocycles. The van der Waals surface area contributed by atoms with Crippen molar-refractivity contribution in [1.29, 1.82) is 5.26 Å². The number of nitriles is 1. The van der Waals surface area contributed by atoms with Gasteiger partial charge in [-0.25, -0.2) is 9.59 Å². The molecule has 0 aromatic heterocycles. The van der Waals surface area contributed by atoms with Crippen molar-refractivity contribution in [1.82, 2.24) is 0 Å². The highest BCUT2D eigenvalue weighted by atomic mass is 16.5. The standard InChI is InChI=1S/C23H17N3O4/c24-14-16-1-6-17(7-2-16)23(28)29-19-9-3-15(4-10-19)5-12-22(27)30-21-11-8-18(25)13-20(21)26/h1-13H,25-26H2/b12-5+. The molecule has 0 fully saturated rings. The third-order valence-corrected chi connectivity index (χ3v) is 4.00. The van der Waals surface area contributed by atoms with Gasteiger partial charge in [0.15, 0.2) is 5.75 Å². The topological polar surface area (TPSA) is 128 Å². The first-order chi connectivity index (χ1) is 14.4. The second-order valence-electron chi connectivity index (χ2n) is 6.20. The summed E-state index contributed by atoms with van der Waals surface area (Å²) in [6.07, 6.45) is 2.82. The van der Waals surface area contributed by atoms with Crippen LogP contribution in [0.15, 0.2) is 72.8 Å². The summed E-state index contributed by atoms with van der Waals surface area (Å²) >= 11 is 0. The Bertz CT molecular complexity index is 1140. The second-order valence-corrected chi connectivity index (χ2v) is 6.20. The summed E-state index contributed by atoms with van der Waals surface area (Å²) in [5.41, 5.74) is 13.6. The lowest BCUT2D eigenvalue weighted by Crippen LogP contribution is -2.08. The number of hydrogen-bond acceptors (Lipinski definition) is 7. The number of hydrogen-bond donors (Lipinski definition) is 2. The first kappa shape index (κ1) is 20.2. The van der Waals surface area contributed by atoms with E-state index < -0.39 is 11.9 Å². The Hall–Kier alpha value is -4.57. The molecule has 0 aliphatic rings. The van der Waals surface area contributed by atoms with Crippen LogP contribution in [0.5, 0.6) is 11.5 Å². The van der Waals surface area contributed by atoms with Crippen LogP contribution in [0.2, 0.25) is 0 Å². The van der Waals surface area contributed by atoms with Gasteiger partial charge in [0.2, 0.25) is 0 Å². The van der Waals surface area contributed by atoms with Crippen molar-refractivity contribution in [3.8, 4) is 17.6 Å². The van der Waals surface area contributed by atoms with E-state index in [1.807, 2.05) is 6.07 Å². The molecule has 0 saturated heterocycles. The average Bonchev–Trinajstić information content (AvgIpc) is 2.75. The first-order valence-corrected chi connectivity index (χ1v) is 8.82. The Labute approximate surface area is 172 Å². The van der Waals surface area contributed by atoms with Gasteiger partial charge in [-0.05, 0) is 66.2 Å². The Morgan fingerprint density at radius 2 is 1.60 bits per heavy atom. The van der Waals surface area contributed by atoms with Crippen LogP contribution in [0.1, 0.15) is 21.5 Å². The highest BCUT2D eigenvalue weighted by Crippen LogP contribution is 2.24. The largest absolute Gasteiger partial charge is 0.423 e. The fourth-order valence-electron chi connectivity index (χ4n) is 2.46. The molecule has 30 heavy (non-hydrogen) atoms. The van der Waals surface area contributed by atoms with Crippen molar-refractivity contribution in [3.05, 3.63) is 89.5 Å². The lowest BCUT2D eigenvalue weighted by molar-refractivity contribution is -0.128. The minimum Gasteiger partial charge on any atom is -0.423 e. The number of carbonyl (C=O) groups excluding carboxylic acids is 2. The number of esters is 2. The van der Waals surface area contributed by atoms with Crippen LogP contribution in [-0.4, -0.2) is 11.9 Å². The highest BCUT2D eigenvalue weighted by molar-refractivity contribution is 5.91. The molecular weight excluding hydrogens is 382 g/mol. The van der Waals surface area contributed by atoms with E-state index in [0.717, 1.165) is 0 Å². The number of ether oxygens (including phenoxy) is 2. The molecule has 0 aliphatic carbocycles. The SMILES string of the molecule is N#Cc1ccc(C(=O)Oc2ccc(/C=C/C(=O)Oc3ccc(N)cc3N)cc2)cc1. The van der Waals surface area contributed by atoms with Gasteiger partial charge in [-0.3, -0.25) is 0 Å². The molecule has 0 bridgehead atoms. The van der Waals surface area contributed by atoms with Gasteiger partial charge in [0.05, 0.1) is 22.9 Å². The maximum absolute atomic E-state index is 12.1. The van der Waals surface area contributed by atoms with Crippen LogP contribution in [-0.2, 0) is 4.79 Å². The molecule has 3 aromatic carbocycles. The lowest BCUT2D eigenvalue weighted by atomic mass is 10.1. The molecule has 0 radical (unpaired) electrons. The number of carbonyl (C=O) groups is 2. The zero-order chi connectivity index (χ0) is 21.5. The molecule has 0 amide bonds. The lowest BCUT2D eigenvalue weighted by Gasteiger charge is -2.06. The molecular formula is C23H17N3O4. The van der Waals surface area contributed by atoms with Crippen LogP contribution >= 0.6 is 0 Å². The monoisotopic (exact) mass is 399 g/mol. The average molecular weight is 399 g/mol. The zero-order valence-corrected chi connectivity index (χ0v) is 15.7. The van der Waals surface area contributed by atoms with E-state index in [1.54, 1.807) is 48.5 Å². The van der Waals surface area contributed by atoms with E-state index in [0.29, 0.717) is 28.1 Å². The molecule has 3 aromatic rings. The van der Waals surface area contributed by atoms with Crippen LogP contribution in [0, 0.1) is 11.3 Å². The quantitative estimate of drug-likeness (QED) is 0.290. The highest BCUT2D eigenvalue weighted by Gasteiger charge is 2.09. The van der Waals surface area contributed by atoms with Crippen molar-refractivity contribution < 1.29 is 19.1 Å². The fourth-order valence-corrected chi connectivity index (χ4v) is 2.46. The second kappa shape index (κ2) is 9.08. The van der Waals surface area contributed by atoms with Gasteiger partial charge in [-0.2, -0.15) is 5.26 Å². The van der Waals surface area contributed by atoms with Gasteiger partial charge >= 0.3 is 11.9 Å². The molecule has 0 atom stereocenters. The summed E-state index contributed by atoms with van der Waals surface area (Å²) in [6, 6.07) is 19.3. The van der Waals surface area contributed by atoms with Gasteiger partial charge in [0.1, 0.15) is 5.75 Å². The first-order valence-electron chi connectivity index (χ1n) is 8.82. The minimum absolute atomic E-state index is 0.226. The summed E-state index contributed by atoms with van der Waals surface area (Å²) in [7, 11) is 0. The summed E-state index contributed by atoms with van der Waals surface area (Å²) in [5.74, 6) is -0.558. The van der Waals surface area contributed by atoms with Crippen molar-refractivity contribution in [2.75, 3.05) is 11.5 Å². The number of nitrogens with two attached hydrogens (primary N) is 2. The summed E-state index contributed by atoms with van der Waals surface area (Å²) < 4.78 is 10.5. The van der Waals surface area contributed by atoms with Crippen LogP contribution in [0.25, 0.3) is 6.08 Å². The van der Waals surface area contributed by atoms with Gasteiger partial charge < -0.3 is 20.9 Å². The van der Waals surface area contributed by atoms with Crippen molar-refractivity contribution >= 4 is 29.4 Å². The maximum atomic E-state index is 12.1. The summed E-state index contributed by atoms with van der Waals surface area (Å²) in [6.45, 7) is 0. The third-order valence-electron chi connectivity index (χ3n) is 4.00. The molecule has 3 rings (SSSR count). The zero-order valence-electron chi connectivity index (χ0n) is 15.7. The maximum Gasteiger partial charge on any atom is 0.343 e. The number of anilines is 2. The molecule has 148 valence electrons. The number of benzene rings is 3. The van der Waals surface area contributed by atoms with Crippen LogP contribution < -0.4 is 20.9 Å². The van der Waals surface area contributed by atoms with E-state index >= 15 is 0 Å². The van der Waals surface area contributed by atoms with E-state index in [4.69, 9.17) is 26.2 Å². The molecule has 0 unspecified atom stereocenters. The van der Waals surface area contributed by atoms with Gasteiger partial charge in [-0.1, -0.05) is 12.1 Å². The molecule has 0 saturated carbocycles. The minimum atomic E-state index is -0.595. The molecule has 0 spiro atoms. The van der Waals surface area contributed by atoms with E-state index in [2.05, 4.69) is 0 Å². The van der Waals surface area contributed by atoms with Gasteiger partial charge in [0, 0.05) is 11.8 Å². The van der Waals surface area contributed by atoms with Crippen LogP contribution in [0.4, 0.5) is 11.4 Å². The van der Waals surface area contributed by atoms with Crippen molar-refractivity contribution in [3.63, 3.8) is 0 Å². The molecule has 0 heterocycles. The number of nitrogen functional groups attached to an aromatic ring is 2. The number of nitrogens with zero attached hydrogens (tertiary/aromatic N) is 1. The smallest absolute Gasteiger partial charge is 0.343 e.